The van der Waals surface area contributed by atoms with Gasteiger partial charge in [-0.2, -0.15) is 0 Å². The number of carbonyl (C=O) groups excluding carboxylic acids is 1. The van der Waals surface area contributed by atoms with Crippen LogP contribution in [0.4, 0.5) is 5.13 Å². The first-order valence-corrected chi connectivity index (χ1v) is 6.20. The number of fused-ring (bicyclic) bond motifs is 1. The quantitative estimate of drug-likeness (QED) is 0.824. The summed E-state index contributed by atoms with van der Waals surface area (Å²) in [6.07, 6.45) is 1.57. The monoisotopic (exact) mass is 246 g/mol. The van der Waals surface area contributed by atoms with E-state index in [0.29, 0.717) is 5.13 Å². The average molecular weight is 246 g/mol. The molecule has 1 aromatic carbocycles. The summed E-state index contributed by atoms with van der Waals surface area (Å²) in [5.41, 5.74) is 3.06. The Balaban J connectivity index is 2.29. The van der Waals surface area contributed by atoms with Crippen LogP contribution in [-0.4, -0.2) is 10.9 Å². The second-order valence-corrected chi connectivity index (χ2v) is 5.18. The van der Waals surface area contributed by atoms with Crippen molar-refractivity contribution in [3.63, 3.8) is 0 Å². The van der Waals surface area contributed by atoms with E-state index in [-0.39, 0.29) is 5.91 Å². The maximum Gasteiger partial charge on any atom is 0.250 e. The molecule has 88 valence electrons. The Labute approximate surface area is 104 Å². The van der Waals surface area contributed by atoms with Gasteiger partial charge in [0.05, 0.1) is 10.2 Å². The largest absolute Gasteiger partial charge is 0.298 e. The SMILES string of the molecule is CC(C)=CC(=O)Nc1nc2c(C)cccc2s1. The normalized spacial score (nSPS) is 10.3. The van der Waals surface area contributed by atoms with Crippen molar-refractivity contribution in [3.05, 3.63) is 35.4 Å². The summed E-state index contributed by atoms with van der Waals surface area (Å²) in [5.74, 6) is -0.123. The summed E-state index contributed by atoms with van der Waals surface area (Å²) in [6.45, 7) is 5.80. The minimum Gasteiger partial charge on any atom is -0.298 e. The zero-order valence-electron chi connectivity index (χ0n) is 10.1. The lowest BCUT2D eigenvalue weighted by Crippen LogP contribution is -2.07. The standard InChI is InChI=1S/C13H14N2OS/c1-8(2)7-11(16)14-13-15-12-9(3)5-4-6-10(12)17-13/h4-7H,1-3H3,(H,14,15,16). The fourth-order valence-corrected chi connectivity index (χ4v) is 2.49. The molecule has 0 aliphatic rings. The van der Waals surface area contributed by atoms with Crippen LogP contribution in [0.15, 0.2) is 29.8 Å². The van der Waals surface area contributed by atoms with Crippen molar-refractivity contribution in [2.24, 2.45) is 0 Å². The Morgan fingerprint density at radius 3 is 2.82 bits per heavy atom. The van der Waals surface area contributed by atoms with E-state index in [1.165, 1.54) is 11.3 Å². The Morgan fingerprint density at radius 2 is 2.18 bits per heavy atom. The van der Waals surface area contributed by atoms with E-state index in [2.05, 4.69) is 10.3 Å². The van der Waals surface area contributed by atoms with Crippen molar-refractivity contribution in [1.29, 1.82) is 0 Å². The number of thiazole rings is 1. The molecule has 0 saturated carbocycles. The number of benzene rings is 1. The Kier molecular flexibility index (Phi) is 3.24. The molecule has 0 aliphatic carbocycles. The van der Waals surface area contributed by atoms with Gasteiger partial charge >= 0.3 is 0 Å². The number of amides is 1. The van der Waals surface area contributed by atoms with Gasteiger partial charge in [0, 0.05) is 6.08 Å². The Morgan fingerprint density at radius 1 is 1.41 bits per heavy atom. The van der Waals surface area contributed by atoms with Crippen LogP contribution in [0.5, 0.6) is 0 Å². The highest BCUT2D eigenvalue weighted by Crippen LogP contribution is 2.27. The number of nitrogens with one attached hydrogen (secondary N) is 1. The summed E-state index contributed by atoms with van der Waals surface area (Å²) >= 11 is 1.49. The lowest BCUT2D eigenvalue weighted by atomic mass is 10.2. The molecule has 4 heteroatoms. The topological polar surface area (TPSA) is 42.0 Å². The average Bonchev–Trinajstić information content (AvgIpc) is 2.60. The van der Waals surface area contributed by atoms with Gasteiger partial charge in [-0.05, 0) is 32.4 Å². The van der Waals surface area contributed by atoms with Crippen LogP contribution in [0.3, 0.4) is 0 Å². The minimum atomic E-state index is -0.123. The molecule has 0 unspecified atom stereocenters. The van der Waals surface area contributed by atoms with Gasteiger partial charge in [0.15, 0.2) is 5.13 Å². The molecular formula is C13H14N2OS. The molecule has 0 spiro atoms. The number of rotatable bonds is 2. The van der Waals surface area contributed by atoms with Gasteiger partial charge in [-0.3, -0.25) is 10.1 Å². The van der Waals surface area contributed by atoms with Gasteiger partial charge in [-0.1, -0.05) is 29.0 Å². The van der Waals surface area contributed by atoms with Crippen molar-refractivity contribution >= 4 is 32.6 Å². The van der Waals surface area contributed by atoms with Crippen molar-refractivity contribution in [2.75, 3.05) is 5.32 Å². The zero-order chi connectivity index (χ0) is 12.4. The number of allylic oxidation sites excluding steroid dienone is 1. The van der Waals surface area contributed by atoms with Crippen LogP contribution in [0, 0.1) is 6.92 Å². The van der Waals surface area contributed by atoms with Gasteiger partial charge < -0.3 is 0 Å². The Hall–Kier alpha value is -1.68. The summed E-state index contributed by atoms with van der Waals surface area (Å²) in [5, 5.41) is 3.43. The first-order valence-electron chi connectivity index (χ1n) is 5.38. The molecule has 1 amide bonds. The van der Waals surface area contributed by atoms with Gasteiger partial charge in [0.25, 0.3) is 0 Å². The van der Waals surface area contributed by atoms with E-state index in [0.717, 1.165) is 21.4 Å². The predicted octanol–water partition coefficient (Wildman–Crippen LogP) is 3.51. The molecule has 17 heavy (non-hydrogen) atoms. The fourth-order valence-electron chi connectivity index (χ4n) is 1.54. The third kappa shape index (κ3) is 2.71. The molecular weight excluding hydrogens is 232 g/mol. The summed E-state index contributed by atoms with van der Waals surface area (Å²) in [6, 6.07) is 6.03. The molecule has 1 aromatic heterocycles. The highest BCUT2D eigenvalue weighted by molar-refractivity contribution is 7.22. The molecule has 1 N–H and O–H groups in total. The van der Waals surface area contributed by atoms with E-state index >= 15 is 0 Å². The zero-order valence-corrected chi connectivity index (χ0v) is 10.9. The maximum atomic E-state index is 11.6. The number of para-hydroxylation sites is 1. The second-order valence-electron chi connectivity index (χ2n) is 4.15. The minimum absolute atomic E-state index is 0.123. The van der Waals surface area contributed by atoms with E-state index in [9.17, 15) is 4.79 Å². The van der Waals surface area contributed by atoms with Crippen molar-refractivity contribution in [3.8, 4) is 0 Å². The van der Waals surface area contributed by atoms with E-state index in [4.69, 9.17) is 0 Å². The molecule has 2 rings (SSSR count). The van der Waals surface area contributed by atoms with Crippen molar-refractivity contribution in [1.82, 2.24) is 4.98 Å². The number of aryl methyl sites for hydroxylation is 1. The molecule has 3 nitrogen and oxygen atoms in total. The number of nitrogens with zero attached hydrogens (tertiary/aromatic N) is 1. The number of hydrogen-bond donors (Lipinski definition) is 1. The predicted molar refractivity (Wildman–Crippen MR) is 72.4 cm³/mol. The number of anilines is 1. The van der Waals surface area contributed by atoms with Crippen LogP contribution in [-0.2, 0) is 4.79 Å². The number of carbonyl (C=O) groups is 1. The van der Waals surface area contributed by atoms with Gasteiger partial charge in [-0.25, -0.2) is 4.98 Å². The molecule has 0 bridgehead atoms. The van der Waals surface area contributed by atoms with E-state index in [1.807, 2.05) is 39.0 Å². The van der Waals surface area contributed by atoms with E-state index in [1.54, 1.807) is 6.08 Å². The highest BCUT2D eigenvalue weighted by Gasteiger charge is 2.07. The van der Waals surface area contributed by atoms with E-state index < -0.39 is 0 Å². The van der Waals surface area contributed by atoms with Crippen LogP contribution in [0.1, 0.15) is 19.4 Å². The summed E-state index contributed by atoms with van der Waals surface area (Å²) in [7, 11) is 0. The Bertz CT molecular complexity index is 594. The molecule has 0 saturated heterocycles. The highest BCUT2D eigenvalue weighted by atomic mass is 32.1. The third-order valence-electron chi connectivity index (χ3n) is 2.27. The number of hydrogen-bond acceptors (Lipinski definition) is 3. The van der Waals surface area contributed by atoms with Crippen LogP contribution in [0.2, 0.25) is 0 Å². The molecule has 0 radical (unpaired) electrons. The first-order chi connectivity index (χ1) is 8.06. The third-order valence-corrected chi connectivity index (χ3v) is 3.21. The van der Waals surface area contributed by atoms with Crippen LogP contribution >= 0.6 is 11.3 Å². The molecule has 2 aromatic rings. The molecule has 0 atom stereocenters. The fraction of sp³-hybridized carbons (Fsp3) is 0.231. The molecule has 0 fully saturated rings. The molecule has 0 aliphatic heterocycles. The van der Waals surface area contributed by atoms with Gasteiger partial charge in [0.1, 0.15) is 0 Å². The second kappa shape index (κ2) is 4.67. The lowest BCUT2D eigenvalue weighted by Gasteiger charge is -1.95. The van der Waals surface area contributed by atoms with Crippen molar-refractivity contribution < 1.29 is 4.79 Å². The van der Waals surface area contributed by atoms with Gasteiger partial charge in [-0.15, -0.1) is 0 Å². The summed E-state index contributed by atoms with van der Waals surface area (Å²) in [4.78, 5) is 16.0. The maximum absolute atomic E-state index is 11.6. The molecule has 1 heterocycles. The first kappa shape index (κ1) is 11.8. The van der Waals surface area contributed by atoms with Gasteiger partial charge in [0.2, 0.25) is 5.91 Å². The smallest absolute Gasteiger partial charge is 0.250 e. The van der Waals surface area contributed by atoms with Crippen LogP contribution < -0.4 is 5.32 Å². The lowest BCUT2D eigenvalue weighted by molar-refractivity contribution is -0.111. The van der Waals surface area contributed by atoms with Crippen molar-refractivity contribution in [2.45, 2.75) is 20.8 Å². The van der Waals surface area contributed by atoms with Crippen LogP contribution in [0.25, 0.3) is 10.2 Å². The summed E-state index contributed by atoms with van der Waals surface area (Å²) < 4.78 is 1.09. The number of aromatic nitrogens is 1.